The van der Waals surface area contributed by atoms with E-state index in [4.69, 9.17) is 4.52 Å². The van der Waals surface area contributed by atoms with Crippen molar-refractivity contribution in [2.45, 2.75) is 4.90 Å². The average molecular weight is 447 g/mol. The van der Waals surface area contributed by atoms with Crippen LogP contribution in [0.4, 0.5) is 5.69 Å². The van der Waals surface area contributed by atoms with Crippen LogP contribution in [0.3, 0.4) is 0 Å². The van der Waals surface area contributed by atoms with Gasteiger partial charge in [-0.3, -0.25) is 15.1 Å². The first kappa shape index (κ1) is 23.4. The summed E-state index contributed by atoms with van der Waals surface area (Å²) >= 11 is 0. The number of benzene rings is 2. The van der Waals surface area contributed by atoms with Crippen molar-refractivity contribution in [3.63, 3.8) is 0 Å². The standard InChI is InChI=1S/C16H14N3O7PS.Na.H/c20-19(21)13-4-6-14(7-5-13)26-27(22,23)11-18-28(24,25)16-3-1-2-12-10-17-9-8-15(12)16;;/h1-10,18H,11H2,(H,22,23);;. The second-order valence-electron chi connectivity index (χ2n) is 5.64. The summed E-state index contributed by atoms with van der Waals surface area (Å²) in [6.45, 7) is 0. The molecule has 1 aromatic heterocycles. The summed E-state index contributed by atoms with van der Waals surface area (Å²) < 4.78 is 44.3. The van der Waals surface area contributed by atoms with Crippen LogP contribution in [-0.2, 0) is 14.6 Å². The molecule has 0 radical (unpaired) electrons. The van der Waals surface area contributed by atoms with Gasteiger partial charge in [-0.2, -0.15) is 4.72 Å². The van der Waals surface area contributed by atoms with Crippen molar-refractivity contribution in [1.82, 2.24) is 9.71 Å². The zero-order valence-electron chi connectivity index (χ0n) is 14.1. The van der Waals surface area contributed by atoms with Crippen LogP contribution < -0.4 is 9.25 Å². The van der Waals surface area contributed by atoms with Gasteiger partial charge in [-0.05, 0) is 24.3 Å². The minimum absolute atomic E-state index is 0. The molecule has 148 valence electrons. The van der Waals surface area contributed by atoms with Gasteiger partial charge in [0.2, 0.25) is 10.0 Å². The fraction of sp³-hybridized carbons (Fsp3) is 0.0625. The monoisotopic (exact) mass is 447 g/mol. The molecule has 0 aliphatic rings. The molecular formula is C16H15N3NaO7PS. The number of sulfonamides is 1. The molecule has 1 heterocycles. The molecule has 0 amide bonds. The molecule has 1 atom stereocenters. The van der Waals surface area contributed by atoms with Crippen molar-refractivity contribution >= 4 is 63.6 Å². The van der Waals surface area contributed by atoms with Crippen molar-refractivity contribution in [2.24, 2.45) is 0 Å². The van der Waals surface area contributed by atoms with Crippen LogP contribution in [0.25, 0.3) is 10.8 Å². The van der Waals surface area contributed by atoms with Gasteiger partial charge in [0.25, 0.3) is 5.69 Å². The first-order chi connectivity index (χ1) is 13.2. The van der Waals surface area contributed by atoms with Crippen LogP contribution in [-0.4, -0.2) is 59.1 Å². The van der Waals surface area contributed by atoms with Gasteiger partial charge in [0.05, 0.1) is 9.82 Å². The van der Waals surface area contributed by atoms with Crippen LogP contribution in [0.15, 0.2) is 65.8 Å². The summed E-state index contributed by atoms with van der Waals surface area (Å²) in [6.07, 6.45) is 2.06. The number of aromatic nitrogens is 1. The molecule has 0 saturated heterocycles. The van der Waals surface area contributed by atoms with E-state index in [0.29, 0.717) is 10.8 Å². The molecule has 2 aromatic carbocycles. The van der Waals surface area contributed by atoms with E-state index in [9.17, 15) is 28.0 Å². The summed E-state index contributed by atoms with van der Waals surface area (Å²) in [7, 11) is -8.51. The van der Waals surface area contributed by atoms with Gasteiger partial charge < -0.3 is 9.42 Å². The van der Waals surface area contributed by atoms with E-state index in [-0.39, 0.29) is 45.9 Å². The van der Waals surface area contributed by atoms with E-state index in [1.54, 1.807) is 6.07 Å². The number of nitrogens with one attached hydrogen (secondary N) is 1. The van der Waals surface area contributed by atoms with E-state index in [1.807, 2.05) is 0 Å². The normalized spacial score (nSPS) is 13.3. The van der Waals surface area contributed by atoms with Crippen LogP contribution >= 0.6 is 7.60 Å². The van der Waals surface area contributed by atoms with Crippen molar-refractivity contribution in [3.05, 3.63) is 71.0 Å². The number of hydrogen-bond donors (Lipinski definition) is 2. The summed E-state index contributed by atoms with van der Waals surface area (Å²) in [5.74, 6) is -0.105. The van der Waals surface area contributed by atoms with Crippen molar-refractivity contribution < 1.29 is 27.3 Å². The van der Waals surface area contributed by atoms with Gasteiger partial charge in [-0.25, -0.2) is 13.0 Å². The van der Waals surface area contributed by atoms with Gasteiger partial charge in [0.1, 0.15) is 12.0 Å². The number of nitrogens with zero attached hydrogens (tertiary/aromatic N) is 2. The molecular weight excluding hydrogens is 432 g/mol. The van der Waals surface area contributed by atoms with E-state index in [2.05, 4.69) is 9.71 Å². The van der Waals surface area contributed by atoms with Crippen LogP contribution in [0.5, 0.6) is 5.75 Å². The average Bonchev–Trinajstić information content (AvgIpc) is 2.66. The maximum absolute atomic E-state index is 12.6. The van der Waals surface area contributed by atoms with E-state index < -0.39 is 28.8 Å². The fourth-order valence-electron chi connectivity index (χ4n) is 2.40. The molecule has 0 aliphatic heterocycles. The van der Waals surface area contributed by atoms with E-state index >= 15 is 0 Å². The van der Waals surface area contributed by atoms with Gasteiger partial charge in [-0.1, -0.05) is 12.1 Å². The molecule has 13 heteroatoms. The zero-order chi connectivity index (χ0) is 20.4. The second-order valence-corrected chi connectivity index (χ2v) is 9.15. The third kappa shape index (κ3) is 5.83. The van der Waals surface area contributed by atoms with Crippen LogP contribution in [0, 0.1) is 10.1 Å². The number of fused-ring (bicyclic) bond motifs is 1. The molecule has 10 nitrogen and oxygen atoms in total. The molecule has 0 fully saturated rings. The van der Waals surface area contributed by atoms with Crippen molar-refractivity contribution in [2.75, 3.05) is 6.29 Å². The Labute approximate surface area is 188 Å². The maximum atomic E-state index is 12.6. The summed E-state index contributed by atoms with van der Waals surface area (Å²) in [6, 6.07) is 10.6. The number of hydrogen-bond acceptors (Lipinski definition) is 7. The number of non-ortho nitro benzene ring substituents is 1. The van der Waals surface area contributed by atoms with Crippen molar-refractivity contribution in [1.29, 1.82) is 0 Å². The molecule has 3 aromatic rings. The third-order valence-electron chi connectivity index (χ3n) is 3.68. The molecule has 0 spiro atoms. The molecule has 0 saturated carbocycles. The molecule has 3 rings (SSSR count). The molecule has 1 unspecified atom stereocenters. The van der Waals surface area contributed by atoms with Gasteiger partial charge >= 0.3 is 37.2 Å². The van der Waals surface area contributed by atoms with Crippen LogP contribution in [0.2, 0.25) is 0 Å². The summed E-state index contributed by atoms with van der Waals surface area (Å²) in [5, 5.41) is 11.6. The Morgan fingerprint density at radius 3 is 2.52 bits per heavy atom. The fourth-order valence-corrected chi connectivity index (χ4v) is 5.13. The summed E-state index contributed by atoms with van der Waals surface area (Å²) in [5.41, 5.74) is -0.216. The van der Waals surface area contributed by atoms with Crippen molar-refractivity contribution in [3.8, 4) is 5.75 Å². The molecule has 0 aliphatic carbocycles. The van der Waals surface area contributed by atoms with Gasteiger partial charge in [0.15, 0.2) is 0 Å². The Bertz CT molecular complexity index is 1180. The Balaban J connectivity index is 0.00000300. The first-order valence-corrected chi connectivity index (χ1v) is 11.0. The molecule has 29 heavy (non-hydrogen) atoms. The first-order valence-electron chi connectivity index (χ1n) is 7.76. The molecule has 2 N–H and O–H groups in total. The predicted molar refractivity (Wildman–Crippen MR) is 108 cm³/mol. The SMILES string of the molecule is O=[N+]([O-])c1ccc(OP(=O)(O)CNS(=O)(=O)c2cccc3cnccc23)cc1.[NaH]. The number of nitro benzene ring substituents is 1. The minimum atomic E-state index is -4.40. The van der Waals surface area contributed by atoms with Gasteiger partial charge in [0, 0.05) is 35.3 Å². The van der Waals surface area contributed by atoms with Crippen LogP contribution in [0.1, 0.15) is 0 Å². The van der Waals surface area contributed by atoms with E-state index in [0.717, 1.165) is 24.3 Å². The Morgan fingerprint density at radius 1 is 1.17 bits per heavy atom. The van der Waals surface area contributed by atoms with Gasteiger partial charge in [-0.15, -0.1) is 0 Å². The zero-order valence-corrected chi connectivity index (χ0v) is 15.8. The Kier molecular flexibility index (Phi) is 7.52. The predicted octanol–water partition coefficient (Wildman–Crippen LogP) is 1.99. The molecule has 0 bridgehead atoms. The second kappa shape index (κ2) is 9.31. The number of rotatable bonds is 7. The number of nitro groups is 1. The number of pyridine rings is 1. The third-order valence-corrected chi connectivity index (χ3v) is 6.41. The summed E-state index contributed by atoms with van der Waals surface area (Å²) in [4.78, 5) is 23.8. The van der Waals surface area contributed by atoms with E-state index in [1.165, 1.54) is 30.6 Å². The topological polar surface area (TPSA) is 149 Å². The Hall–Kier alpha value is -1.85. The Morgan fingerprint density at radius 2 is 1.86 bits per heavy atom. The quantitative estimate of drug-likeness (QED) is 0.242.